The van der Waals surface area contributed by atoms with Gasteiger partial charge in [0.15, 0.2) is 5.69 Å². The van der Waals surface area contributed by atoms with Crippen molar-refractivity contribution >= 4 is 12.0 Å². The Labute approximate surface area is 111 Å². The number of rotatable bonds is 5. The molecule has 0 radical (unpaired) electrons. The van der Waals surface area contributed by atoms with Crippen LogP contribution in [0.15, 0.2) is 12.5 Å². The summed E-state index contributed by atoms with van der Waals surface area (Å²) in [6.07, 6.45) is 3.88. The summed E-state index contributed by atoms with van der Waals surface area (Å²) in [6.45, 7) is 5.13. The average Bonchev–Trinajstić information content (AvgIpc) is 2.76. The highest BCUT2D eigenvalue weighted by Crippen LogP contribution is 2.44. The van der Waals surface area contributed by atoms with Crippen molar-refractivity contribution in [1.29, 1.82) is 0 Å². The third-order valence-corrected chi connectivity index (χ3v) is 3.33. The fraction of sp³-hybridized carbons (Fsp3) is 0.583. The maximum atomic E-state index is 11.5. The van der Waals surface area contributed by atoms with E-state index in [0.717, 1.165) is 6.42 Å². The number of amides is 2. The van der Waals surface area contributed by atoms with E-state index in [9.17, 15) is 9.59 Å². The number of carbonyl (C=O) groups is 2. The zero-order chi connectivity index (χ0) is 14.0. The third kappa shape index (κ3) is 3.46. The van der Waals surface area contributed by atoms with Crippen LogP contribution >= 0.6 is 0 Å². The van der Waals surface area contributed by atoms with E-state index in [2.05, 4.69) is 29.5 Å². The van der Waals surface area contributed by atoms with Crippen molar-refractivity contribution in [2.75, 3.05) is 6.54 Å². The predicted octanol–water partition coefficient (Wildman–Crippen LogP) is 0.679. The lowest BCUT2D eigenvalue weighted by Gasteiger charge is -2.09. The Balaban J connectivity index is 1.68. The van der Waals surface area contributed by atoms with Gasteiger partial charge in [-0.3, -0.25) is 0 Å². The minimum absolute atomic E-state index is 0.00387. The van der Waals surface area contributed by atoms with Gasteiger partial charge in [-0.15, -0.1) is 0 Å². The SMILES string of the molecule is CC1(C)CC1NC(=O)NCCn1cnc(C(=O)O)c1. The maximum absolute atomic E-state index is 11.5. The first-order valence-electron chi connectivity index (χ1n) is 6.18. The van der Waals surface area contributed by atoms with E-state index in [0.29, 0.717) is 13.1 Å². The van der Waals surface area contributed by atoms with Gasteiger partial charge in [0.1, 0.15) is 0 Å². The molecule has 19 heavy (non-hydrogen) atoms. The standard InChI is InChI=1S/C12H18N4O3/c1-12(2)5-9(12)15-11(19)13-3-4-16-6-8(10(17)18)14-7-16/h6-7,9H,3-5H2,1-2H3,(H,17,18)(H2,13,15,19). The van der Waals surface area contributed by atoms with Crippen molar-refractivity contribution in [3.05, 3.63) is 18.2 Å². The molecule has 1 saturated carbocycles. The van der Waals surface area contributed by atoms with Crippen LogP contribution in [0.2, 0.25) is 0 Å². The second kappa shape index (κ2) is 4.91. The number of carboxylic acids is 1. The monoisotopic (exact) mass is 266 g/mol. The number of aromatic nitrogens is 2. The van der Waals surface area contributed by atoms with Crippen LogP contribution in [0.1, 0.15) is 30.8 Å². The molecule has 0 aliphatic heterocycles. The number of nitrogens with zero attached hydrogens (tertiary/aromatic N) is 2. The molecule has 1 fully saturated rings. The zero-order valence-electron chi connectivity index (χ0n) is 11.0. The van der Waals surface area contributed by atoms with Crippen molar-refractivity contribution in [3.8, 4) is 0 Å². The molecule has 1 aromatic heterocycles. The van der Waals surface area contributed by atoms with Gasteiger partial charge in [-0.25, -0.2) is 14.6 Å². The quantitative estimate of drug-likeness (QED) is 0.730. The zero-order valence-corrected chi connectivity index (χ0v) is 11.0. The molecule has 7 nitrogen and oxygen atoms in total. The van der Waals surface area contributed by atoms with Gasteiger partial charge in [-0.2, -0.15) is 0 Å². The van der Waals surface area contributed by atoms with Gasteiger partial charge in [0, 0.05) is 25.3 Å². The van der Waals surface area contributed by atoms with Crippen LogP contribution in [0.25, 0.3) is 0 Å². The molecule has 3 N–H and O–H groups in total. The molecule has 104 valence electrons. The summed E-state index contributed by atoms with van der Waals surface area (Å²) in [5.41, 5.74) is 0.210. The number of nitrogens with one attached hydrogen (secondary N) is 2. The third-order valence-electron chi connectivity index (χ3n) is 3.33. The fourth-order valence-electron chi connectivity index (χ4n) is 1.81. The van der Waals surface area contributed by atoms with Gasteiger partial charge in [-0.05, 0) is 11.8 Å². The molecule has 1 heterocycles. The van der Waals surface area contributed by atoms with E-state index in [1.807, 2.05) is 0 Å². The summed E-state index contributed by atoms with van der Waals surface area (Å²) >= 11 is 0. The minimum atomic E-state index is -1.06. The van der Waals surface area contributed by atoms with Crippen LogP contribution in [0.4, 0.5) is 4.79 Å². The van der Waals surface area contributed by atoms with Crippen molar-refractivity contribution in [2.24, 2.45) is 5.41 Å². The van der Waals surface area contributed by atoms with Crippen molar-refractivity contribution in [3.63, 3.8) is 0 Å². The molecule has 0 bridgehead atoms. The Morgan fingerprint density at radius 3 is 2.79 bits per heavy atom. The average molecular weight is 266 g/mol. The number of carbonyl (C=O) groups excluding carboxylic acids is 1. The first kappa shape index (κ1) is 13.4. The smallest absolute Gasteiger partial charge is 0.356 e. The van der Waals surface area contributed by atoms with E-state index in [-0.39, 0.29) is 23.2 Å². The van der Waals surface area contributed by atoms with E-state index in [1.54, 1.807) is 4.57 Å². The second-order valence-electron chi connectivity index (χ2n) is 5.45. The lowest BCUT2D eigenvalue weighted by molar-refractivity contribution is 0.0691. The number of imidazole rings is 1. The van der Waals surface area contributed by atoms with Gasteiger partial charge >= 0.3 is 12.0 Å². The largest absolute Gasteiger partial charge is 0.476 e. The van der Waals surface area contributed by atoms with E-state index in [4.69, 9.17) is 5.11 Å². The van der Waals surface area contributed by atoms with Crippen molar-refractivity contribution in [2.45, 2.75) is 32.9 Å². The Hall–Kier alpha value is -2.05. The fourth-order valence-corrected chi connectivity index (χ4v) is 1.81. The van der Waals surface area contributed by atoms with Crippen LogP contribution in [0.5, 0.6) is 0 Å². The molecule has 0 spiro atoms. The molecule has 1 atom stereocenters. The number of urea groups is 1. The molecule has 0 saturated heterocycles. The first-order chi connectivity index (χ1) is 8.88. The summed E-state index contributed by atoms with van der Waals surface area (Å²) in [4.78, 5) is 25.9. The van der Waals surface area contributed by atoms with Crippen molar-refractivity contribution < 1.29 is 14.7 Å². The first-order valence-corrected chi connectivity index (χ1v) is 6.18. The lowest BCUT2D eigenvalue weighted by Crippen LogP contribution is -2.39. The molecule has 0 aromatic carbocycles. The number of carboxylic acid groups (broad SMARTS) is 1. The highest BCUT2D eigenvalue weighted by molar-refractivity contribution is 5.84. The van der Waals surface area contributed by atoms with E-state index in [1.165, 1.54) is 12.5 Å². The molecule has 7 heteroatoms. The predicted molar refractivity (Wildman–Crippen MR) is 67.9 cm³/mol. The van der Waals surface area contributed by atoms with E-state index >= 15 is 0 Å². The number of hydrogen-bond acceptors (Lipinski definition) is 3. The normalized spacial score (nSPS) is 19.8. The van der Waals surface area contributed by atoms with Gasteiger partial charge in [0.05, 0.1) is 6.33 Å². The molecule has 1 unspecified atom stereocenters. The van der Waals surface area contributed by atoms with Crippen molar-refractivity contribution in [1.82, 2.24) is 20.2 Å². The Kier molecular flexibility index (Phi) is 3.46. The van der Waals surface area contributed by atoms with Crippen LogP contribution in [-0.2, 0) is 6.54 Å². The van der Waals surface area contributed by atoms with Crippen LogP contribution in [-0.4, -0.2) is 39.2 Å². The van der Waals surface area contributed by atoms with Crippen LogP contribution in [0.3, 0.4) is 0 Å². The summed E-state index contributed by atoms with van der Waals surface area (Å²) in [7, 11) is 0. The van der Waals surface area contributed by atoms with Crippen LogP contribution in [0, 0.1) is 5.41 Å². The summed E-state index contributed by atoms with van der Waals surface area (Å²) in [5.74, 6) is -1.06. The molecular formula is C12H18N4O3. The topological polar surface area (TPSA) is 96.3 Å². The second-order valence-corrected chi connectivity index (χ2v) is 5.45. The highest BCUT2D eigenvalue weighted by atomic mass is 16.4. The lowest BCUT2D eigenvalue weighted by atomic mass is 10.2. The van der Waals surface area contributed by atoms with Gasteiger partial charge < -0.3 is 20.3 Å². The maximum Gasteiger partial charge on any atom is 0.356 e. The Morgan fingerprint density at radius 1 is 1.58 bits per heavy atom. The molecule has 2 amide bonds. The van der Waals surface area contributed by atoms with Gasteiger partial charge in [-0.1, -0.05) is 13.8 Å². The minimum Gasteiger partial charge on any atom is -0.476 e. The molecule has 2 rings (SSSR count). The Bertz CT molecular complexity index is 495. The Morgan fingerprint density at radius 2 is 2.26 bits per heavy atom. The van der Waals surface area contributed by atoms with Gasteiger partial charge in [0.2, 0.25) is 0 Å². The summed E-state index contributed by atoms with van der Waals surface area (Å²) < 4.78 is 1.63. The molecule has 1 aromatic rings. The summed E-state index contributed by atoms with van der Waals surface area (Å²) in [6, 6.07) is 0.0634. The number of aromatic carboxylic acids is 1. The molecule has 1 aliphatic rings. The van der Waals surface area contributed by atoms with Crippen LogP contribution < -0.4 is 10.6 Å². The summed E-state index contributed by atoms with van der Waals surface area (Å²) in [5, 5.41) is 14.3. The highest BCUT2D eigenvalue weighted by Gasteiger charge is 2.46. The number of hydrogen-bond donors (Lipinski definition) is 3. The van der Waals surface area contributed by atoms with Gasteiger partial charge in [0.25, 0.3) is 0 Å². The molecule has 1 aliphatic carbocycles. The van der Waals surface area contributed by atoms with E-state index < -0.39 is 5.97 Å². The molecular weight excluding hydrogens is 248 g/mol.